The molecule has 0 aliphatic carbocycles. The first-order chi connectivity index (χ1) is 15.9. The average Bonchev–Trinajstić information content (AvgIpc) is 2.79. The smallest absolute Gasteiger partial charge is 0.255 e. The van der Waals surface area contributed by atoms with Crippen molar-refractivity contribution in [2.75, 3.05) is 17.2 Å². The van der Waals surface area contributed by atoms with Gasteiger partial charge < -0.3 is 20.7 Å². The highest BCUT2D eigenvalue weighted by Gasteiger charge is 2.08. The van der Waals surface area contributed by atoms with Crippen molar-refractivity contribution in [2.45, 2.75) is 12.8 Å². The normalized spacial score (nSPS) is 10.2. The molecule has 9 heteroatoms. The van der Waals surface area contributed by atoms with Crippen LogP contribution in [-0.2, 0) is 4.79 Å². The summed E-state index contributed by atoms with van der Waals surface area (Å²) in [5, 5.41) is 9.52. The number of benzene rings is 3. The van der Waals surface area contributed by atoms with Gasteiger partial charge in [0.2, 0.25) is 5.91 Å². The molecule has 0 saturated carbocycles. The Morgan fingerprint density at radius 3 is 2.21 bits per heavy atom. The van der Waals surface area contributed by atoms with E-state index in [1.807, 2.05) is 6.07 Å². The van der Waals surface area contributed by atoms with Crippen molar-refractivity contribution in [3.05, 3.63) is 88.4 Å². The molecule has 0 heterocycles. The van der Waals surface area contributed by atoms with Gasteiger partial charge in [-0.25, -0.2) is 0 Å². The van der Waals surface area contributed by atoms with Crippen LogP contribution < -0.4 is 20.7 Å². The molecule has 3 aromatic carbocycles. The second kappa shape index (κ2) is 12.2. The van der Waals surface area contributed by atoms with E-state index in [4.69, 9.17) is 40.2 Å². The third-order valence-corrected chi connectivity index (χ3v) is 5.12. The van der Waals surface area contributed by atoms with Gasteiger partial charge >= 0.3 is 0 Å². The number of hydrogen-bond acceptors (Lipinski definition) is 4. The highest BCUT2D eigenvalue weighted by atomic mass is 35.5. The molecular formula is C24H21Cl2N3O3S. The first-order valence-corrected chi connectivity index (χ1v) is 11.2. The first-order valence-electron chi connectivity index (χ1n) is 10.1. The fraction of sp³-hybridized carbons (Fsp3) is 0.125. The molecule has 0 bridgehead atoms. The summed E-state index contributed by atoms with van der Waals surface area (Å²) in [5.74, 6) is 0.0912. The van der Waals surface area contributed by atoms with Crippen LogP contribution in [0.15, 0.2) is 72.8 Å². The predicted molar refractivity (Wildman–Crippen MR) is 136 cm³/mol. The van der Waals surface area contributed by atoms with Crippen LogP contribution in [0.3, 0.4) is 0 Å². The zero-order valence-electron chi connectivity index (χ0n) is 17.4. The summed E-state index contributed by atoms with van der Waals surface area (Å²) < 4.78 is 5.56. The fourth-order valence-electron chi connectivity index (χ4n) is 2.79. The highest BCUT2D eigenvalue weighted by Crippen LogP contribution is 2.27. The number of carbonyl (C=O) groups is 2. The van der Waals surface area contributed by atoms with E-state index in [2.05, 4.69) is 16.0 Å². The topological polar surface area (TPSA) is 79.5 Å². The summed E-state index contributed by atoms with van der Waals surface area (Å²) in [7, 11) is 0. The lowest BCUT2D eigenvalue weighted by Gasteiger charge is -2.11. The summed E-state index contributed by atoms with van der Waals surface area (Å²) in [6.45, 7) is 0.325. The van der Waals surface area contributed by atoms with Crippen molar-refractivity contribution in [1.29, 1.82) is 0 Å². The van der Waals surface area contributed by atoms with Crippen LogP contribution >= 0.6 is 35.4 Å². The summed E-state index contributed by atoms with van der Waals surface area (Å²) in [4.78, 5) is 24.3. The number of carbonyl (C=O) groups excluding carboxylic acids is 2. The number of hydrogen-bond donors (Lipinski definition) is 3. The van der Waals surface area contributed by atoms with Gasteiger partial charge in [-0.05, 0) is 73.2 Å². The zero-order chi connectivity index (χ0) is 23.6. The second-order valence-electron chi connectivity index (χ2n) is 6.93. The van der Waals surface area contributed by atoms with E-state index in [9.17, 15) is 9.59 Å². The molecule has 0 spiro atoms. The molecule has 6 nitrogen and oxygen atoms in total. The number of rotatable bonds is 8. The van der Waals surface area contributed by atoms with Gasteiger partial charge in [-0.1, -0.05) is 41.4 Å². The maximum atomic E-state index is 12.2. The number of ether oxygens (including phenoxy) is 1. The fourth-order valence-corrected chi connectivity index (χ4v) is 3.48. The van der Waals surface area contributed by atoms with E-state index < -0.39 is 0 Å². The van der Waals surface area contributed by atoms with Crippen molar-refractivity contribution in [3.8, 4) is 5.75 Å². The van der Waals surface area contributed by atoms with Gasteiger partial charge in [0.15, 0.2) is 5.11 Å². The molecule has 33 heavy (non-hydrogen) atoms. The first kappa shape index (κ1) is 24.5. The molecule has 3 rings (SSSR count). The predicted octanol–water partition coefficient (Wildman–Crippen LogP) is 5.92. The third-order valence-electron chi connectivity index (χ3n) is 4.39. The Kier molecular flexibility index (Phi) is 9.06. The maximum absolute atomic E-state index is 12.2. The largest absolute Gasteiger partial charge is 0.492 e. The minimum Gasteiger partial charge on any atom is -0.492 e. The Bertz CT molecular complexity index is 1130. The molecule has 0 fully saturated rings. The molecule has 3 N–H and O–H groups in total. The van der Waals surface area contributed by atoms with Crippen LogP contribution in [0.1, 0.15) is 23.2 Å². The molecule has 0 aromatic heterocycles. The van der Waals surface area contributed by atoms with Crippen molar-refractivity contribution in [1.82, 2.24) is 5.32 Å². The summed E-state index contributed by atoms with van der Waals surface area (Å²) in [6, 6.07) is 20.9. The molecule has 0 radical (unpaired) electrons. The Labute approximate surface area is 207 Å². The molecule has 3 aromatic rings. The van der Waals surface area contributed by atoms with Crippen LogP contribution in [0.2, 0.25) is 10.0 Å². The van der Waals surface area contributed by atoms with E-state index in [0.29, 0.717) is 45.8 Å². The highest BCUT2D eigenvalue weighted by molar-refractivity contribution is 7.80. The Morgan fingerprint density at radius 1 is 0.879 bits per heavy atom. The average molecular weight is 502 g/mol. The summed E-state index contributed by atoms with van der Waals surface area (Å²) in [5.41, 5.74) is 1.90. The molecule has 0 unspecified atom stereocenters. The Hall–Kier alpha value is -3.13. The van der Waals surface area contributed by atoms with E-state index in [1.54, 1.807) is 66.7 Å². The molecule has 170 valence electrons. The van der Waals surface area contributed by atoms with Crippen molar-refractivity contribution in [3.63, 3.8) is 0 Å². The van der Waals surface area contributed by atoms with Gasteiger partial charge in [0.25, 0.3) is 5.91 Å². The zero-order valence-corrected chi connectivity index (χ0v) is 19.8. The third kappa shape index (κ3) is 8.05. The number of nitrogens with one attached hydrogen (secondary N) is 3. The molecule has 0 aliphatic heterocycles. The molecule has 0 saturated heterocycles. The minimum atomic E-state index is -0.231. The van der Waals surface area contributed by atoms with Gasteiger partial charge in [0.05, 0.1) is 11.6 Å². The number of thiocarbonyl (C=S) groups is 1. The monoisotopic (exact) mass is 501 g/mol. The second-order valence-corrected chi connectivity index (χ2v) is 8.18. The van der Waals surface area contributed by atoms with E-state index >= 15 is 0 Å². The van der Waals surface area contributed by atoms with Crippen LogP contribution in [0.4, 0.5) is 11.4 Å². The Morgan fingerprint density at radius 2 is 1.55 bits per heavy atom. The van der Waals surface area contributed by atoms with Gasteiger partial charge in [-0.15, -0.1) is 0 Å². The van der Waals surface area contributed by atoms with Crippen LogP contribution in [0.5, 0.6) is 5.75 Å². The summed E-state index contributed by atoms with van der Waals surface area (Å²) in [6.07, 6.45) is 0.723. The van der Waals surface area contributed by atoms with E-state index in [1.165, 1.54) is 0 Å². The van der Waals surface area contributed by atoms with Crippen LogP contribution in [0, 0.1) is 0 Å². The maximum Gasteiger partial charge on any atom is 0.255 e. The summed E-state index contributed by atoms with van der Waals surface area (Å²) >= 11 is 17.1. The van der Waals surface area contributed by atoms with Crippen molar-refractivity contribution >= 4 is 63.7 Å². The van der Waals surface area contributed by atoms with Crippen LogP contribution in [0.25, 0.3) is 0 Å². The molecule has 0 aliphatic rings. The lowest BCUT2D eigenvalue weighted by atomic mass is 10.2. The lowest BCUT2D eigenvalue weighted by Crippen LogP contribution is -2.34. The number of anilines is 2. The molecule has 2 amide bonds. The quantitative estimate of drug-likeness (QED) is 0.263. The van der Waals surface area contributed by atoms with Gasteiger partial charge in [-0.3, -0.25) is 9.59 Å². The van der Waals surface area contributed by atoms with Crippen LogP contribution in [-0.4, -0.2) is 23.5 Å². The number of amides is 2. The number of halogens is 2. The lowest BCUT2D eigenvalue weighted by molar-refractivity contribution is -0.119. The van der Waals surface area contributed by atoms with E-state index in [-0.39, 0.29) is 23.3 Å². The standard InChI is InChI=1S/C24H21Cl2N3O3S/c25-17-8-13-21(20(26)15-17)32-14-4-7-22(30)29-24(33)28-19-11-9-18(10-12-19)27-23(31)16-5-2-1-3-6-16/h1-3,5-6,8-13,15H,4,7,14H2,(H,27,31)(H2,28,29,30,33). The van der Waals surface area contributed by atoms with Gasteiger partial charge in [-0.2, -0.15) is 0 Å². The molecular weight excluding hydrogens is 481 g/mol. The van der Waals surface area contributed by atoms with Crippen molar-refractivity contribution < 1.29 is 14.3 Å². The SMILES string of the molecule is O=C(CCCOc1ccc(Cl)cc1Cl)NC(=S)Nc1ccc(NC(=O)c2ccccc2)cc1. The molecule has 0 atom stereocenters. The van der Waals surface area contributed by atoms with Gasteiger partial charge in [0, 0.05) is 28.4 Å². The minimum absolute atomic E-state index is 0.183. The van der Waals surface area contributed by atoms with Gasteiger partial charge in [0.1, 0.15) is 5.75 Å². The van der Waals surface area contributed by atoms with E-state index in [0.717, 1.165) is 0 Å². The Balaban J connectivity index is 1.38. The van der Waals surface area contributed by atoms with Crippen molar-refractivity contribution in [2.24, 2.45) is 0 Å².